The van der Waals surface area contributed by atoms with E-state index in [0.717, 1.165) is 5.56 Å². The number of benzene rings is 2. The molecule has 0 amide bonds. The quantitative estimate of drug-likeness (QED) is 0.533. The Balaban J connectivity index is 2.67. The van der Waals surface area contributed by atoms with Gasteiger partial charge in [-0.2, -0.15) is 5.26 Å². The summed E-state index contributed by atoms with van der Waals surface area (Å²) in [5, 5.41) is 18.8. The van der Waals surface area contributed by atoms with Crippen molar-refractivity contribution in [3.63, 3.8) is 0 Å². The molecule has 4 nitrogen and oxygen atoms in total. The lowest BCUT2D eigenvalue weighted by atomic mass is 9.93. The van der Waals surface area contributed by atoms with Gasteiger partial charge < -0.3 is 9.84 Å². The van der Waals surface area contributed by atoms with E-state index in [1.165, 1.54) is 12.1 Å². The van der Waals surface area contributed by atoms with Crippen LogP contribution in [0.15, 0.2) is 60.2 Å². The van der Waals surface area contributed by atoms with Crippen molar-refractivity contribution in [2.45, 2.75) is 6.92 Å². The number of carbonyl (C=O) groups excluding carboxylic acids is 1. The van der Waals surface area contributed by atoms with Gasteiger partial charge in [-0.3, -0.25) is 0 Å². The third-order valence-electron chi connectivity index (χ3n) is 3.06. The van der Waals surface area contributed by atoms with E-state index in [1.807, 2.05) is 36.4 Å². The zero-order valence-corrected chi connectivity index (χ0v) is 12.1. The zero-order valence-electron chi connectivity index (χ0n) is 12.1. The number of nitrogens with zero attached hydrogens (tertiary/aromatic N) is 1. The lowest BCUT2D eigenvalue weighted by Gasteiger charge is -2.11. The normalized spacial score (nSPS) is 11.3. The fourth-order valence-corrected chi connectivity index (χ4v) is 2.10. The maximum atomic E-state index is 12.1. The number of rotatable bonds is 4. The van der Waals surface area contributed by atoms with Crippen molar-refractivity contribution in [2.24, 2.45) is 0 Å². The summed E-state index contributed by atoms with van der Waals surface area (Å²) in [7, 11) is 0. The highest BCUT2D eigenvalue weighted by Crippen LogP contribution is 2.28. The zero-order chi connectivity index (χ0) is 15.9. The van der Waals surface area contributed by atoms with Crippen molar-refractivity contribution in [1.82, 2.24) is 0 Å². The van der Waals surface area contributed by atoms with Gasteiger partial charge in [-0.1, -0.05) is 42.5 Å². The first kappa shape index (κ1) is 15.3. The van der Waals surface area contributed by atoms with Crippen LogP contribution in [-0.4, -0.2) is 17.7 Å². The Morgan fingerprint density at radius 3 is 2.23 bits per heavy atom. The predicted molar refractivity (Wildman–Crippen MR) is 82.8 cm³/mol. The Morgan fingerprint density at radius 1 is 1.09 bits per heavy atom. The van der Waals surface area contributed by atoms with Crippen molar-refractivity contribution in [1.29, 1.82) is 5.26 Å². The second-order valence-electron chi connectivity index (χ2n) is 4.50. The summed E-state index contributed by atoms with van der Waals surface area (Å²) in [5.41, 5.74) is 1.83. The van der Waals surface area contributed by atoms with E-state index in [-0.39, 0.29) is 17.9 Å². The van der Waals surface area contributed by atoms with Crippen LogP contribution in [0.4, 0.5) is 0 Å². The number of esters is 1. The van der Waals surface area contributed by atoms with Crippen molar-refractivity contribution in [3.05, 3.63) is 71.3 Å². The van der Waals surface area contributed by atoms with Gasteiger partial charge in [0.1, 0.15) is 17.4 Å². The second-order valence-corrected chi connectivity index (χ2v) is 4.50. The van der Waals surface area contributed by atoms with Crippen LogP contribution in [0, 0.1) is 11.3 Å². The van der Waals surface area contributed by atoms with Gasteiger partial charge in [0.25, 0.3) is 0 Å². The molecule has 0 aliphatic carbocycles. The molecule has 2 aromatic rings. The Kier molecular flexibility index (Phi) is 4.94. The maximum Gasteiger partial charge on any atom is 0.349 e. The predicted octanol–water partition coefficient (Wildman–Crippen LogP) is 3.28. The van der Waals surface area contributed by atoms with Crippen molar-refractivity contribution in [3.8, 4) is 11.8 Å². The lowest BCUT2D eigenvalue weighted by Crippen LogP contribution is -2.09. The molecule has 0 aliphatic rings. The van der Waals surface area contributed by atoms with Gasteiger partial charge in [-0.25, -0.2) is 4.79 Å². The number of phenols is 1. The van der Waals surface area contributed by atoms with Gasteiger partial charge in [0.05, 0.1) is 6.61 Å². The second kappa shape index (κ2) is 7.09. The molecule has 2 rings (SSSR count). The van der Waals surface area contributed by atoms with Crippen LogP contribution >= 0.6 is 0 Å². The van der Waals surface area contributed by atoms with E-state index < -0.39 is 5.97 Å². The largest absolute Gasteiger partial charge is 0.508 e. The number of aromatic hydroxyl groups is 1. The number of hydrogen-bond acceptors (Lipinski definition) is 4. The number of phenolic OH excluding ortho intramolecular Hbond substituents is 1. The first-order chi connectivity index (χ1) is 10.7. The van der Waals surface area contributed by atoms with Crippen LogP contribution in [0.25, 0.3) is 5.57 Å². The van der Waals surface area contributed by atoms with Crippen LogP contribution in [0.2, 0.25) is 0 Å². The molecule has 0 unspecified atom stereocenters. The molecule has 0 saturated carbocycles. The molecule has 110 valence electrons. The lowest BCUT2D eigenvalue weighted by molar-refractivity contribution is -0.137. The molecule has 0 aromatic heterocycles. The summed E-state index contributed by atoms with van der Waals surface area (Å²) >= 11 is 0. The number of carbonyl (C=O) groups is 1. The average Bonchev–Trinajstić information content (AvgIpc) is 2.54. The van der Waals surface area contributed by atoms with Gasteiger partial charge in [0.2, 0.25) is 0 Å². The summed E-state index contributed by atoms with van der Waals surface area (Å²) in [6, 6.07) is 17.4. The highest BCUT2D eigenvalue weighted by molar-refractivity contribution is 6.05. The van der Waals surface area contributed by atoms with Crippen LogP contribution in [0.5, 0.6) is 5.75 Å². The Morgan fingerprint density at radius 2 is 1.68 bits per heavy atom. The molecule has 0 bridgehead atoms. The summed E-state index contributed by atoms with van der Waals surface area (Å²) in [5.74, 6) is -0.539. The molecule has 1 N–H and O–H groups in total. The van der Waals surface area contributed by atoms with Crippen molar-refractivity contribution < 1.29 is 14.6 Å². The van der Waals surface area contributed by atoms with Crippen molar-refractivity contribution >= 4 is 11.5 Å². The smallest absolute Gasteiger partial charge is 0.349 e. The molecule has 0 fully saturated rings. The fourth-order valence-electron chi connectivity index (χ4n) is 2.10. The third kappa shape index (κ3) is 3.33. The van der Waals surface area contributed by atoms with Gasteiger partial charge in [0.15, 0.2) is 0 Å². The Labute approximate surface area is 128 Å². The summed E-state index contributed by atoms with van der Waals surface area (Å²) < 4.78 is 4.97. The molecule has 0 radical (unpaired) electrons. The molecular formula is C18H15NO3. The first-order valence-corrected chi connectivity index (χ1v) is 6.83. The van der Waals surface area contributed by atoms with Gasteiger partial charge in [0, 0.05) is 5.57 Å². The molecule has 4 heteroatoms. The molecule has 0 atom stereocenters. The minimum Gasteiger partial charge on any atom is -0.508 e. The van der Waals surface area contributed by atoms with Crippen molar-refractivity contribution in [2.75, 3.05) is 6.61 Å². The van der Waals surface area contributed by atoms with Crippen LogP contribution < -0.4 is 0 Å². The average molecular weight is 293 g/mol. The fraction of sp³-hybridized carbons (Fsp3) is 0.111. The Bertz CT molecular complexity index is 725. The van der Waals surface area contributed by atoms with E-state index >= 15 is 0 Å². The topological polar surface area (TPSA) is 70.3 Å². The number of hydrogen-bond donors (Lipinski definition) is 1. The highest BCUT2D eigenvalue weighted by atomic mass is 16.5. The van der Waals surface area contributed by atoms with E-state index in [2.05, 4.69) is 0 Å². The molecule has 22 heavy (non-hydrogen) atoms. The Hall–Kier alpha value is -3.06. The molecule has 0 spiro atoms. The van der Waals surface area contributed by atoms with Gasteiger partial charge in [-0.05, 0) is 30.2 Å². The van der Waals surface area contributed by atoms with Crippen LogP contribution in [0.3, 0.4) is 0 Å². The number of nitriles is 1. The maximum absolute atomic E-state index is 12.1. The SMILES string of the molecule is CCOC(=O)C(C#N)=C(c1ccccc1)c1ccc(O)cc1. The molecular weight excluding hydrogens is 278 g/mol. The van der Waals surface area contributed by atoms with Gasteiger partial charge in [-0.15, -0.1) is 0 Å². The monoisotopic (exact) mass is 293 g/mol. The minimum absolute atomic E-state index is 0.0567. The molecule has 2 aromatic carbocycles. The van der Waals surface area contributed by atoms with E-state index in [9.17, 15) is 15.2 Å². The van der Waals surface area contributed by atoms with E-state index in [0.29, 0.717) is 11.1 Å². The molecule has 0 aliphatic heterocycles. The summed E-state index contributed by atoms with van der Waals surface area (Å²) in [4.78, 5) is 12.1. The molecule has 0 saturated heterocycles. The first-order valence-electron chi connectivity index (χ1n) is 6.83. The summed E-state index contributed by atoms with van der Waals surface area (Å²) in [6.45, 7) is 1.89. The number of ether oxygens (including phenoxy) is 1. The molecule has 0 heterocycles. The van der Waals surface area contributed by atoms with Crippen LogP contribution in [-0.2, 0) is 9.53 Å². The highest BCUT2D eigenvalue weighted by Gasteiger charge is 2.19. The summed E-state index contributed by atoms with van der Waals surface area (Å²) in [6.07, 6.45) is 0. The minimum atomic E-state index is -0.656. The standard InChI is InChI=1S/C18H15NO3/c1-2-22-18(21)16(12-19)17(13-6-4-3-5-7-13)14-8-10-15(20)11-9-14/h3-11,20H,2H2,1H3. The van der Waals surface area contributed by atoms with Gasteiger partial charge >= 0.3 is 5.97 Å². The van der Waals surface area contributed by atoms with Crippen LogP contribution in [0.1, 0.15) is 18.1 Å². The van der Waals surface area contributed by atoms with E-state index in [1.54, 1.807) is 19.1 Å². The third-order valence-corrected chi connectivity index (χ3v) is 3.06. The van der Waals surface area contributed by atoms with E-state index in [4.69, 9.17) is 4.74 Å².